The van der Waals surface area contributed by atoms with E-state index in [9.17, 15) is 4.79 Å². The van der Waals surface area contributed by atoms with Crippen molar-refractivity contribution in [1.29, 1.82) is 0 Å². The minimum absolute atomic E-state index is 0.115. The molecule has 0 aliphatic heterocycles. The van der Waals surface area contributed by atoms with Gasteiger partial charge in [-0.1, -0.05) is 30.3 Å². The zero-order valence-corrected chi connectivity index (χ0v) is 9.91. The molecule has 0 atom stereocenters. The summed E-state index contributed by atoms with van der Waals surface area (Å²) in [5, 5.41) is 0. The Hall–Kier alpha value is -1.09. The van der Waals surface area contributed by atoms with Crippen molar-refractivity contribution < 1.29 is 9.22 Å². The van der Waals surface area contributed by atoms with Crippen LogP contribution in [0, 0.1) is 0 Å². The monoisotopic (exact) mass is 208 g/mol. The van der Waals surface area contributed by atoms with Gasteiger partial charge in [0, 0.05) is 0 Å². The second-order valence-corrected chi connectivity index (χ2v) is 8.68. The average Bonchev–Trinajstić information content (AvgIpc) is 2.02. The van der Waals surface area contributed by atoms with E-state index in [0.717, 1.165) is 5.56 Å². The molecule has 0 fully saturated rings. The van der Waals surface area contributed by atoms with E-state index in [4.69, 9.17) is 4.43 Å². The number of hydrogen-bond donors (Lipinski definition) is 0. The van der Waals surface area contributed by atoms with Crippen LogP contribution in [0.2, 0.25) is 19.6 Å². The molecular formula is C11H16O2Si. The van der Waals surface area contributed by atoms with Crippen molar-refractivity contribution in [2.45, 2.75) is 26.1 Å². The lowest BCUT2D eigenvalue weighted by Gasteiger charge is -2.17. The second kappa shape index (κ2) is 4.42. The predicted molar refractivity (Wildman–Crippen MR) is 59.6 cm³/mol. The molecule has 14 heavy (non-hydrogen) atoms. The lowest BCUT2D eigenvalue weighted by molar-refractivity contribution is -0.134. The molecular weight excluding hydrogens is 192 g/mol. The maximum atomic E-state index is 11.4. The summed E-state index contributed by atoms with van der Waals surface area (Å²) in [5.74, 6) is -0.115. The molecule has 1 aromatic rings. The first-order chi connectivity index (χ1) is 6.47. The fraction of sp³-hybridized carbons (Fsp3) is 0.364. The maximum absolute atomic E-state index is 11.4. The first-order valence-electron chi connectivity index (χ1n) is 4.73. The Kier molecular flexibility index (Phi) is 3.47. The molecule has 0 N–H and O–H groups in total. The van der Waals surface area contributed by atoms with E-state index >= 15 is 0 Å². The highest BCUT2D eigenvalue weighted by Gasteiger charge is 2.19. The van der Waals surface area contributed by atoms with Crippen LogP contribution in [0.5, 0.6) is 0 Å². The Morgan fingerprint density at radius 2 is 1.79 bits per heavy atom. The molecule has 0 unspecified atom stereocenters. The summed E-state index contributed by atoms with van der Waals surface area (Å²) in [6.45, 7) is 6.03. The number of carbonyl (C=O) groups excluding carboxylic acids is 1. The first-order valence-corrected chi connectivity index (χ1v) is 8.14. The molecule has 0 amide bonds. The number of rotatable bonds is 3. The summed E-state index contributed by atoms with van der Waals surface area (Å²) in [4.78, 5) is 11.4. The molecule has 2 nitrogen and oxygen atoms in total. The standard InChI is InChI=1S/C11H16O2Si/c1-14(2,3)13-11(12)9-10-7-5-4-6-8-10/h4-8H,9H2,1-3H3. The molecule has 76 valence electrons. The topological polar surface area (TPSA) is 26.3 Å². The van der Waals surface area contributed by atoms with Gasteiger partial charge in [-0.15, -0.1) is 0 Å². The fourth-order valence-corrected chi connectivity index (χ4v) is 1.90. The SMILES string of the molecule is C[Si](C)(C)OC(=O)Cc1ccccc1. The van der Waals surface area contributed by atoms with Gasteiger partial charge in [0.05, 0.1) is 6.42 Å². The third-order valence-corrected chi connectivity index (χ3v) is 2.45. The summed E-state index contributed by atoms with van der Waals surface area (Å²) < 4.78 is 5.34. The quantitative estimate of drug-likeness (QED) is 0.714. The van der Waals surface area contributed by atoms with E-state index in [1.165, 1.54) is 0 Å². The van der Waals surface area contributed by atoms with Crippen LogP contribution >= 0.6 is 0 Å². The third kappa shape index (κ3) is 4.23. The van der Waals surface area contributed by atoms with Crippen molar-refractivity contribution in [2.75, 3.05) is 0 Å². The van der Waals surface area contributed by atoms with Crippen molar-refractivity contribution >= 4 is 14.3 Å². The zero-order chi connectivity index (χ0) is 10.6. The van der Waals surface area contributed by atoms with E-state index in [0.29, 0.717) is 6.42 Å². The van der Waals surface area contributed by atoms with Crippen LogP contribution in [-0.4, -0.2) is 14.3 Å². The Morgan fingerprint density at radius 1 is 1.21 bits per heavy atom. The van der Waals surface area contributed by atoms with Crippen molar-refractivity contribution in [3.8, 4) is 0 Å². The molecule has 1 rings (SSSR count). The van der Waals surface area contributed by atoms with Crippen LogP contribution in [0.15, 0.2) is 30.3 Å². The summed E-state index contributed by atoms with van der Waals surface area (Å²) in [6, 6.07) is 9.67. The first kappa shape index (κ1) is 11.0. The average molecular weight is 208 g/mol. The lowest BCUT2D eigenvalue weighted by Crippen LogP contribution is -2.29. The van der Waals surface area contributed by atoms with Crippen LogP contribution < -0.4 is 0 Å². The van der Waals surface area contributed by atoms with Gasteiger partial charge in [-0.05, 0) is 25.2 Å². The minimum atomic E-state index is -1.72. The van der Waals surface area contributed by atoms with E-state index in [1.54, 1.807) is 0 Å². The normalized spacial score (nSPS) is 11.1. The molecule has 0 saturated carbocycles. The van der Waals surface area contributed by atoms with Gasteiger partial charge in [-0.2, -0.15) is 0 Å². The van der Waals surface area contributed by atoms with Gasteiger partial charge in [-0.25, -0.2) is 0 Å². The third-order valence-electron chi connectivity index (χ3n) is 1.61. The predicted octanol–water partition coefficient (Wildman–Crippen LogP) is 2.61. The Balaban J connectivity index is 2.50. The van der Waals surface area contributed by atoms with Crippen LogP contribution in [0.1, 0.15) is 5.56 Å². The van der Waals surface area contributed by atoms with Gasteiger partial charge in [0.15, 0.2) is 0 Å². The van der Waals surface area contributed by atoms with Crippen LogP contribution in [0.25, 0.3) is 0 Å². The van der Waals surface area contributed by atoms with E-state index in [1.807, 2.05) is 50.0 Å². The molecule has 0 aromatic heterocycles. The van der Waals surface area contributed by atoms with Gasteiger partial charge in [0.2, 0.25) is 8.32 Å². The summed E-state index contributed by atoms with van der Waals surface area (Å²) in [6.07, 6.45) is 0.380. The van der Waals surface area contributed by atoms with Gasteiger partial charge in [-0.3, -0.25) is 4.79 Å². The van der Waals surface area contributed by atoms with Gasteiger partial charge >= 0.3 is 0 Å². The molecule has 0 spiro atoms. The highest BCUT2D eigenvalue weighted by atomic mass is 28.4. The molecule has 0 saturated heterocycles. The van der Waals surface area contributed by atoms with Crippen LogP contribution in [0.4, 0.5) is 0 Å². The van der Waals surface area contributed by atoms with Gasteiger partial charge in [0.1, 0.15) is 0 Å². The van der Waals surface area contributed by atoms with Crippen molar-refractivity contribution in [3.63, 3.8) is 0 Å². The van der Waals surface area contributed by atoms with E-state index in [-0.39, 0.29) is 5.97 Å². The molecule has 0 heterocycles. The number of benzene rings is 1. The molecule has 0 aliphatic carbocycles. The fourth-order valence-electron chi connectivity index (χ4n) is 1.14. The molecule has 3 heteroatoms. The Labute approximate surface area is 86.0 Å². The number of hydrogen-bond acceptors (Lipinski definition) is 2. The summed E-state index contributed by atoms with van der Waals surface area (Å²) >= 11 is 0. The minimum Gasteiger partial charge on any atom is -0.520 e. The van der Waals surface area contributed by atoms with Crippen LogP contribution in [-0.2, 0) is 15.6 Å². The van der Waals surface area contributed by atoms with Gasteiger partial charge < -0.3 is 4.43 Å². The molecule has 0 aliphatic rings. The maximum Gasteiger partial charge on any atom is 0.296 e. The molecule has 0 radical (unpaired) electrons. The van der Waals surface area contributed by atoms with Gasteiger partial charge in [0.25, 0.3) is 5.97 Å². The lowest BCUT2D eigenvalue weighted by atomic mass is 10.2. The highest BCUT2D eigenvalue weighted by molar-refractivity contribution is 6.71. The largest absolute Gasteiger partial charge is 0.520 e. The van der Waals surface area contributed by atoms with Crippen molar-refractivity contribution in [1.82, 2.24) is 0 Å². The number of carbonyl (C=O) groups is 1. The smallest absolute Gasteiger partial charge is 0.296 e. The summed E-state index contributed by atoms with van der Waals surface area (Å²) in [5.41, 5.74) is 1.01. The Bertz CT molecular complexity index is 301. The summed E-state index contributed by atoms with van der Waals surface area (Å²) in [7, 11) is -1.72. The van der Waals surface area contributed by atoms with Crippen LogP contribution in [0.3, 0.4) is 0 Å². The highest BCUT2D eigenvalue weighted by Crippen LogP contribution is 2.06. The van der Waals surface area contributed by atoms with Crippen molar-refractivity contribution in [3.05, 3.63) is 35.9 Å². The Morgan fingerprint density at radius 3 is 2.29 bits per heavy atom. The van der Waals surface area contributed by atoms with E-state index < -0.39 is 8.32 Å². The molecule has 0 bridgehead atoms. The second-order valence-electron chi connectivity index (χ2n) is 4.25. The molecule has 1 aromatic carbocycles. The van der Waals surface area contributed by atoms with Crippen molar-refractivity contribution in [2.24, 2.45) is 0 Å². The van der Waals surface area contributed by atoms with E-state index in [2.05, 4.69) is 0 Å². The zero-order valence-electron chi connectivity index (χ0n) is 8.91.